The van der Waals surface area contributed by atoms with Gasteiger partial charge in [0.2, 0.25) is 0 Å². The fraction of sp³-hybridized carbons (Fsp3) is 0.880. The van der Waals surface area contributed by atoms with Crippen LogP contribution in [0, 0.1) is 11.3 Å². The topological polar surface area (TPSA) is 48.1 Å². The van der Waals surface area contributed by atoms with Gasteiger partial charge in [0.05, 0.1) is 11.7 Å². The highest BCUT2D eigenvalue weighted by Gasteiger charge is 2.80. The molecule has 5 rings (SSSR count). The van der Waals surface area contributed by atoms with E-state index in [1.165, 1.54) is 5.57 Å². The van der Waals surface area contributed by atoms with Crippen molar-refractivity contribution in [3.8, 4) is 0 Å². The SMILES string of the molecule is CC[Si](CC)(CC)O[C@@H]1[C@@H]2O[C@@]23C(=O)[C@@]2(C)CC/C(C)=C/CC[C@]1(C)O[C@@H]3C[C@H]2C. The van der Waals surface area contributed by atoms with Crippen molar-refractivity contribution < 1.29 is 18.7 Å². The van der Waals surface area contributed by atoms with E-state index in [0.29, 0.717) is 5.92 Å². The molecular weight excluding hydrogens is 392 g/mol. The zero-order valence-corrected chi connectivity index (χ0v) is 21.2. The van der Waals surface area contributed by atoms with Crippen LogP contribution in [-0.2, 0) is 18.7 Å². The summed E-state index contributed by atoms with van der Waals surface area (Å²) in [4.78, 5) is 14.0. The van der Waals surface area contributed by atoms with E-state index >= 15 is 0 Å². The van der Waals surface area contributed by atoms with Crippen molar-refractivity contribution in [2.75, 3.05) is 0 Å². The molecule has 2 saturated heterocycles. The van der Waals surface area contributed by atoms with Crippen molar-refractivity contribution in [1.29, 1.82) is 0 Å². The van der Waals surface area contributed by atoms with Gasteiger partial charge in [-0.1, -0.05) is 46.3 Å². The lowest BCUT2D eigenvalue weighted by molar-refractivity contribution is -0.202. The number of rotatable bonds is 5. The summed E-state index contributed by atoms with van der Waals surface area (Å²) in [7, 11) is -1.87. The Morgan fingerprint density at radius 2 is 1.80 bits per heavy atom. The van der Waals surface area contributed by atoms with Gasteiger partial charge in [0.25, 0.3) is 0 Å². The lowest BCUT2D eigenvalue weighted by atomic mass is 9.58. The van der Waals surface area contributed by atoms with E-state index in [-0.39, 0.29) is 29.5 Å². The number of hydrogen-bond acceptors (Lipinski definition) is 4. The standard InChI is InChI=1S/C25H42O4Si/c1-8-30(9-2,10-3)29-20-21-25(28-21)19-16-18(5)23(6,22(25)26)15-13-17(4)12-11-14-24(20,7)27-19/h12,18-21H,8-11,13-16H2,1-7H3/b17-12+/t18-,19-,20-,21+,23+,24+,25-/m1/s1. The molecule has 3 fully saturated rings. The Morgan fingerprint density at radius 1 is 1.13 bits per heavy atom. The Balaban J connectivity index is 1.78. The minimum Gasteiger partial charge on any atom is -0.408 e. The first-order chi connectivity index (χ1) is 14.1. The third kappa shape index (κ3) is 3.14. The van der Waals surface area contributed by atoms with Gasteiger partial charge in [-0.15, -0.1) is 0 Å². The molecule has 1 spiro atoms. The van der Waals surface area contributed by atoms with E-state index in [9.17, 15) is 4.79 Å². The van der Waals surface area contributed by atoms with Crippen molar-refractivity contribution in [3.05, 3.63) is 11.6 Å². The molecule has 2 aliphatic carbocycles. The van der Waals surface area contributed by atoms with Gasteiger partial charge >= 0.3 is 0 Å². The van der Waals surface area contributed by atoms with Crippen molar-refractivity contribution in [1.82, 2.24) is 0 Å². The first-order valence-corrected chi connectivity index (χ1v) is 14.9. The van der Waals surface area contributed by atoms with E-state index in [0.717, 1.165) is 50.2 Å². The average Bonchev–Trinajstić information content (AvgIpc) is 3.47. The Labute approximate surface area is 184 Å². The Kier molecular flexibility index (Phi) is 5.70. The fourth-order valence-electron chi connectivity index (χ4n) is 6.51. The first kappa shape index (κ1) is 22.7. The number of carbonyl (C=O) groups excluding carboxylic acids is 1. The molecule has 0 aromatic rings. The van der Waals surface area contributed by atoms with Gasteiger partial charge in [-0.2, -0.15) is 0 Å². The molecule has 0 radical (unpaired) electrons. The van der Waals surface area contributed by atoms with Crippen LogP contribution in [0.5, 0.6) is 0 Å². The number of epoxide rings is 1. The van der Waals surface area contributed by atoms with Crippen LogP contribution in [0.2, 0.25) is 18.1 Å². The fourth-order valence-corrected chi connectivity index (χ4v) is 9.42. The molecule has 5 aliphatic rings. The molecule has 170 valence electrons. The summed E-state index contributed by atoms with van der Waals surface area (Å²) in [6.45, 7) is 15.6. The van der Waals surface area contributed by atoms with E-state index in [1.807, 2.05) is 0 Å². The Bertz CT molecular complexity index is 722. The average molecular weight is 435 g/mol. The number of ether oxygens (including phenoxy) is 2. The van der Waals surface area contributed by atoms with Gasteiger partial charge < -0.3 is 13.9 Å². The predicted octanol–water partition coefficient (Wildman–Crippen LogP) is 5.81. The quantitative estimate of drug-likeness (QED) is 0.311. The molecule has 1 saturated carbocycles. The highest BCUT2D eigenvalue weighted by molar-refractivity contribution is 6.73. The molecular formula is C25H42O4Si. The van der Waals surface area contributed by atoms with Crippen LogP contribution in [0.15, 0.2) is 11.6 Å². The number of allylic oxidation sites excluding steroid dienone is 2. The van der Waals surface area contributed by atoms with E-state index < -0.39 is 19.5 Å². The van der Waals surface area contributed by atoms with Crippen LogP contribution >= 0.6 is 0 Å². The molecule has 0 aromatic heterocycles. The highest BCUT2D eigenvalue weighted by Crippen LogP contribution is 2.62. The van der Waals surface area contributed by atoms with Gasteiger partial charge in [-0.25, -0.2) is 0 Å². The van der Waals surface area contributed by atoms with Crippen LogP contribution in [0.25, 0.3) is 0 Å². The smallest absolute Gasteiger partial charge is 0.192 e. The third-order valence-electron chi connectivity index (χ3n) is 9.47. The molecule has 0 N–H and O–H groups in total. The van der Waals surface area contributed by atoms with Crippen LogP contribution in [0.3, 0.4) is 0 Å². The number of carbonyl (C=O) groups is 1. The summed E-state index contributed by atoms with van der Waals surface area (Å²) in [6, 6.07) is 3.28. The molecule has 5 heteroatoms. The van der Waals surface area contributed by atoms with Crippen molar-refractivity contribution in [2.24, 2.45) is 11.3 Å². The van der Waals surface area contributed by atoms with Gasteiger partial charge in [-0.3, -0.25) is 4.79 Å². The van der Waals surface area contributed by atoms with Crippen molar-refractivity contribution in [3.63, 3.8) is 0 Å². The zero-order valence-electron chi connectivity index (χ0n) is 20.2. The van der Waals surface area contributed by atoms with Gasteiger partial charge in [0.15, 0.2) is 19.7 Å². The number of hydrogen-bond donors (Lipinski definition) is 0. The molecule has 7 atom stereocenters. The highest BCUT2D eigenvalue weighted by atomic mass is 28.4. The maximum Gasteiger partial charge on any atom is 0.192 e. The second-order valence-corrected chi connectivity index (χ2v) is 15.7. The molecule has 4 nitrogen and oxygen atoms in total. The lowest BCUT2D eigenvalue weighted by Crippen LogP contribution is -2.67. The summed E-state index contributed by atoms with van der Waals surface area (Å²) in [5, 5.41) is 0. The normalized spacial score (nSPS) is 47.8. The Morgan fingerprint density at radius 3 is 2.43 bits per heavy atom. The summed E-state index contributed by atoms with van der Waals surface area (Å²) in [5.74, 6) is 0.583. The van der Waals surface area contributed by atoms with Crippen molar-refractivity contribution >= 4 is 14.1 Å². The molecule has 0 unspecified atom stereocenters. The van der Waals surface area contributed by atoms with Gasteiger partial charge in [-0.05, 0) is 70.0 Å². The van der Waals surface area contributed by atoms with E-state index in [4.69, 9.17) is 13.9 Å². The Hall–Kier alpha value is -0.493. The summed E-state index contributed by atoms with van der Waals surface area (Å²) < 4.78 is 20.4. The third-order valence-corrected chi connectivity index (χ3v) is 14.1. The summed E-state index contributed by atoms with van der Waals surface area (Å²) in [5.41, 5.74) is -0.134. The largest absolute Gasteiger partial charge is 0.408 e. The summed E-state index contributed by atoms with van der Waals surface area (Å²) in [6.07, 6.45) is 6.66. The molecule has 3 aliphatic heterocycles. The molecule has 30 heavy (non-hydrogen) atoms. The van der Waals surface area contributed by atoms with Crippen LogP contribution < -0.4 is 0 Å². The molecule has 0 aromatic carbocycles. The van der Waals surface area contributed by atoms with Gasteiger partial charge in [0, 0.05) is 5.41 Å². The monoisotopic (exact) mass is 434 g/mol. The second kappa shape index (κ2) is 7.53. The first-order valence-electron chi connectivity index (χ1n) is 12.3. The maximum atomic E-state index is 14.0. The minimum absolute atomic E-state index is 0.131. The van der Waals surface area contributed by atoms with Gasteiger partial charge in [0.1, 0.15) is 12.2 Å². The molecule has 4 bridgehead atoms. The molecule has 0 amide bonds. The second-order valence-electron chi connectivity index (χ2n) is 11.0. The lowest BCUT2D eigenvalue weighted by Gasteiger charge is -2.53. The minimum atomic E-state index is -1.87. The van der Waals surface area contributed by atoms with Crippen LogP contribution in [-0.4, -0.2) is 43.6 Å². The maximum absolute atomic E-state index is 14.0. The van der Waals surface area contributed by atoms with E-state index in [2.05, 4.69) is 54.5 Å². The number of fused-ring (bicyclic) bond motifs is 5. The predicted molar refractivity (Wildman–Crippen MR) is 122 cm³/mol. The van der Waals surface area contributed by atoms with Crippen molar-refractivity contribution in [2.45, 2.75) is 128 Å². The van der Waals surface area contributed by atoms with Crippen LogP contribution in [0.1, 0.15) is 80.6 Å². The van der Waals surface area contributed by atoms with Crippen LogP contribution in [0.4, 0.5) is 0 Å². The van der Waals surface area contributed by atoms with E-state index in [1.54, 1.807) is 0 Å². The number of Topliss-reactive ketones (excluding diaryl/α,β-unsaturated/α-hetero) is 1. The molecule has 3 heterocycles. The summed E-state index contributed by atoms with van der Waals surface area (Å²) >= 11 is 0. The number of ketones is 1. The zero-order chi connectivity index (χ0) is 21.9.